The van der Waals surface area contributed by atoms with Gasteiger partial charge in [0.1, 0.15) is 10.8 Å². The van der Waals surface area contributed by atoms with Gasteiger partial charge in [0.2, 0.25) is 0 Å². The Morgan fingerprint density at radius 2 is 1.52 bits per heavy atom. The second kappa shape index (κ2) is 7.68. The minimum atomic E-state index is -0.232. The Bertz CT molecular complexity index is 1080. The summed E-state index contributed by atoms with van der Waals surface area (Å²) in [5, 5.41) is 2.94. The molecule has 3 heteroatoms. The van der Waals surface area contributed by atoms with E-state index in [4.69, 9.17) is 4.98 Å². The molecule has 132 valence electrons. The van der Waals surface area contributed by atoms with Crippen LogP contribution in [0.2, 0.25) is 0 Å². The van der Waals surface area contributed by atoms with Crippen molar-refractivity contribution in [2.24, 2.45) is 0 Å². The fourth-order valence-electron chi connectivity index (χ4n) is 2.86. The quantitative estimate of drug-likeness (QED) is 0.349. The van der Waals surface area contributed by atoms with Crippen molar-refractivity contribution >= 4 is 23.5 Å². The highest BCUT2D eigenvalue weighted by Crippen LogP contribution is 2.29. The van der Waals surface area contributed by atoms with Gasteiger partial charge in [0.25, 0.3) is 0 Å². The normalized spacial score (nSPS) is 11.2. The zero-order chi connectivity index (χ0) is 18.6. The van der Waals surface area contributed by atoms with Crippen LogP contribution in [0.25, 0.3) is 34.0 Å². The third-order valence-corrected chi connectivity index (χ3v) is 5.34. The molecule has 1 heterocycles. The number of hydrogen-bond donors (Lipinski definition) is 0. The molecule has 0 aliphatic heterocycles. The summed E-state index contributed by atoms with van der Waals surface area (Å²) in [4.78, 5) is 4.69. The van der Waals surface area contributed by atoms with Gasteiger partial charge >= 0.3 is 0 Å². The Balaban J connectivity index is 1.53. The lowest BCUT2D eigenvalue weighted by Crippen LogP contribution is -1.81. The van der Waals surface area contributed by atoms with Gasteiger partial charge in [-0.3, -0.25) is 0 Å². The summed E-state index contributed by atoms with van der Waals surface area (Å²) < 4.78 is 13.1. The zero-order valence-electron chi connectivity index (χ0n) is 14.9. The van der Waals surface area contributed by atoms with Crippen LogP contribution in [0.5, 0.6) is 0 Å². The molecule has 27 heavy (non-hydrogen) atoms. The van der Waals surface area contributed by atoms with Crippen LogP contribution in [0.4, 0.5) is 4.39 Å². The molecule has 0 radical (unpaired) electrons. The van der Waals surface area contributed by atoms with Crippen molar-refractivity contribution in [1.82, 2.24) is 4.98 Å². The molecule has 4 rings (SSSR count). The number of hydrogen-bond acceptors (Lipinski definition) is 2. The molecule has 0 aliphatic rings. The number of halogens is 1. The fourth-order valence-corrected chi connectivity index (χ4v) is 3.69. The van der Waals surface area contributed by atoms with Gasteiger partial charge in [-0.25, -0.2) is 9.37 Å². The van der Waals surface area contributed by atoms with Crippen molar-refractivity contribution in [3.63, 3.8) is 0 Å². The standard InChI is InChI=1S/C24H18FNS/c1-17-4-2-3-5-19(17)9-6-18-7-10-20(11-8-18)23-16-27-24(26-23)21-12-14-22(25)15-13-21/h2-16H,1H3/b9-6+. The molecule has 0 spiro atoms. The molecule has 1 nitrogen and oxygen atoms in total. The Morgan fingerprint density at radius 1 is 0.815 bits per heavy atom. The molecule has 0 unspecified atom stereocenters. The van der Waals surface area contributed by atoms with Crippen molar-refractivity contribution in [2.45, 2.75) is 6.92 Å². The highest BCUT2D eigenvalue weighted by atomic mass is 32.1. The van der Waals surface area contributed by atoms with Gasteiger partial charge in [0, 0.05) is 16.5 Å². The monoisotopic (exact) mass is 371 g/mol. The first kappa shape index (κ1) is 17.4. The van der Waals surface area contributed by atoms with Crippen LogP contribution >= 0.6 is 11.3 Å². The van der Waals surface area contributed by atoms with Crippen LogP contribution < -0.4 is 0 Å². The van der Waals surface area contributed by atoms with Gasteiger partial charge < -0.3 is 0 Å². The van der Waals surface area contributed by atoms with E-state index < -0.39 is 0 Å². The van der Waals surface area contributed by atoms with Crippen LogP contribution in [-0.4, -0.2) is 4.98 Å². The highest BCUT2D eigenvalue weighted by molar-refractivity contribution is 7.13. The maximum absolute atomic E-state index is 13.1. The van der Waals surface area contributed by atoms with E-state index >= 15 is 0 Å². The molecule has 3 aromatic carbocycles. The average molecular weight is 371 g/mol. The lowest BCUT2D eigenvalue weighted by molar-refractivity contribution is 0.628. The maximum Gasteiger partial charge on any atom is 0.124 e. The van der Waals surface area contributed by atoms with Crippen LogP contribution in [-0.2, 0) is 0 Å². The van der Waals surface area contributed by atoms with Gasteiger partial charge in [0.15, 0.2) is 0 Å². The predicted molar refractivity (Wildman–Crippen MR) is 113 cm³/mol. The molecule has 0 aliphatic carbocycles. The van der Waals surface area contributed by atoms with Crippen LogP contribution in [0.1, 0.15) is 16.7 Å². The molecular weight excluding hydrogens is 353 g/mol. The van der Waals surface area contributed by atoms with Crippen molar-refractivity contribution in [2.75, 3.05) is 0 Å². The molecule has 0 saturated carbocycles. The summed E-state index contributed by atoms with van der Waals surface area (Å²) in [6, 6.07) is 23.2. The Morgan fingerprint density at radius 3 is 2.26 bits per heavy atom. The number of aromatic nitrogens is 1. The first-order valence-corrected chi connectivity index (χ1v) is 9.63. The smallest absolute Gasteiger partial charge is 0.124 e. The number of aryl methyl sites for hydroxylation is 1. The lowest BCUT2D eigenvalue weighted by atomic mass is 10.1. The lowest BCUT2D eigenvalue weighted by Gasteiger charge is -2.00. The Labute approximate surface area is 162 Å². The number of thiazole rings is 1. The fraction of sp³-hybridized carbons (Fsp3) is 0.0417. The van der Waals surface area contributed by atoms with Crippen LogP contribution in [0, 0.1) is 12.7 Å². The van der Waals surface area contributed by atoms with Gasteiger partial charge in [-0.2, -0.15) is 0 Å². The predicted octanol–water partition coefficient (Wildman–Crippen LogP) is 7.10. The van der Waals surface area contributed by atoms with Gasteiger partial charge in [-0.05, 0) is 47.9 Å². The summed E-state index contributed by atoms with van der Waals surface area (Å²) in [7, 11) is 0. The second-order valence-corrected chi connectivity index (χ2v) is 7.21. The molecule has 0 saturated heterocycles. The number of nitrogens with zero attached hydrogens (tertiary/aromatic N) is 1. The molecule has 4 aromatic rings. The van der Waals surface area contributed by atoms with E-state index in [-0.39, 0.29) is 5.82 Å². The highest BCUT2D eigenvalue weighted by Gasteiger charge is 2.07. The molecular formula is C24H18FNS. The minimum absolute atomic E-state index is 0.232. The molecule has 0 N–H and O–H groups in total. The van der Waals surface area contributed by atoms with Gasteiger partial charge in [-0.15, -0.1) is 11.3 Å². The van der Waals surface area contributed by atoms with E-state index in [1.165, 1.54) is 23.3 Å². The van der Waals surface area contributed by atoms with Crippen LogP contribution in [0.3, 0.4) is 0 Å². The minimum Gasteiger partial charge on any atom is -0.236 e. The van der Waals surface area contributed by atoms with Crippen LogP contribution in [0.15, 0.2) is 78.2 Å². The Hall–Kier alpha value is -3.04. The third-order valence-electron chi connectivity index (χ3n) is 4.45. The van der Waals surface area contributed by atoms with Gasteiger partial charge in [0.05, 0.1) is 5.69 Å². The SMILES string of the molecule is Cc1ccccc1/C=C/c1ccc(-c2csc(-c3ccc(F)cc3)n2)cc1. The maximum atomic E-state index is 13.1. The molecule has 1 aromatic heterocycles. The summed E-state index contributed by atoms with van der Waals surface area (Å²) >= 11 is 1.57. The van der Waals surface area contributed by atoms with E-state index in [2.05, 4.69) is 67.6 Å². The van der Waals surface area contributed by atoms with Gasteiger partial charge in [-0.1, -0.05) is 60.7 Å². The largest absolute Gasteiger partial charge is 0.236 e. The molecule has 0 fully saturated rings. The molecule has 0 bridgehead atoms. The van der Waals surface area contributed by atoms with Crippen molar-refractivity contribution in [1.29, 1.82) is 0 Å². The van der Waals surface area contributed by atoms with E-state index in [1.54, 1.807) is 23.5 Å². The first-order chi connectivity index (χ1) is 13.2. The van der Waals surface area contributed by atoms with E-state index in [1.807, 2.05) is 5.38 Å². The summed E-state index contributed by atoms with van der Waals surface area (Å²) in [5.41, 5.74) is 6.59. The second-order valence-electron chi connectivity index (χ2n) is 6.36. The summed E-state index contributed by atoms with van der Waals surface area (Å²) in [6.45, 7) is 2.11. The third kappa shape index (κ3) is 4.04. The topological polar surface area (TPSA) is 12.9 Å². The van der Waals surface area contributed by atoms with E-state index in [0.717, 1.165) is 27.4 Å². The Kier molecular flexibility index (Phi) is 4.95. The molecule has 0 amide bonds. The zero-order valence-corrected chi connectivity index (χ0v) is 15.7. The van der Waals surface area contributed by atoms with Crippen molar-refractivity contribution < 1.29 is 4.39 Å². The van der Waals surface area contributed by atoms with E-state index in [0.29, 0.717) is 0 Å². The van der Waals surface area contributed by atoms with Crippen molar-refractivity contribution in [3.05, 3.63) is 101 Å². The van der Waals surface area contributed by atoms with E-state index in [9.17, 15) is 4.39 Å². The first-order valence-electron chi connectivity index (χ1n) is 8.75. The van der Waals surface area contributed by atoms with Crippen molar-refractivity contribution in [3.8, 4) is 21.8 Å². The molecule has 0 atom stereocenters. The number of rotatable bonds is 4. The number of benzene rings is 3. The summed E-state index contributed by atoms with van der Waals surface area (Å²) in [5.74, 6) is -0.232. The summed E-state index contributed by atoms with van der Waals surface area (Å²) in [6.07, 6.45) is 4.26. The average Bonchev–Trinajstić information content (AvgIpc) is 3.18.